The van der Waals surface area contributed by atoms with Crippen molar-refractivity contribution in [1.82, 2.24) is 9.47 Å². The maximum absolute atomic E-state index is 13.8. The predicted molar refractivity (Wildman–Crippen MR) is 176 cm³/mol. The maximum Gasteiger partial charge on any atom is 0.123 e. The van der Waals surface area contributed by atoms with E-state index in [-0.39, 0.29) is 5.82 Å². The van der Waals surface area contributed by atoms with Crippen molar-refractivity contribution < 1.29 is 4.39 Å². The molecule has 0 radical (unpaired) electrons. The number of allylic oxidation sites excluding steroid dienone is 2. The highest BCUT2D eigenvalue weighted by Crippen LogP contribution is 2.49. The van der Waals surface area contributed by atoms with Crippen LogP contribution in [0.2, 0.25) is 0 Å². The Morgan fingerprint density at radius 2 is 1.71 bits per heavy atom. The highest BCUT2D eigenvalue weighted by Gasteiger charge is 2.47. The van der Waals surface area contributed by atoms with Gasteiger partial charge in [-0.1, -0.05) is 49.9 Å². The second-order valence-corrected chi connectivity index (χ2v) is 13.5. The Morgan fingerprint density at radius 1 is 1.02 bits per heavy atom. The van der Waals surface area contributed by atoms with E-state index in [2.05, 4.69) is 80.2 Å². The summed E-state index contributed by atoms with van der Waals surface area (Å²) in [6.45, 7) is 13.8. The van der Waals surface area contributed by atoms with Gasteiger partial charge in [0.1, 0.15) is 11.7 Å². The zero-order valence-corrected chi connectivity index (χ0v) is 26.0. The molecule has 6 rings (SSSR count). The summed E-state index contributed by atoms with van der Waals surface area (Å²) < 4.78 is 16.2. The average molecular weight is 566 g/mol. The quantitative estimate of drug-likeness (QED) is 0.200. The Morgan fingerprint density at radius 3 is 2.33 bits per heavy atom. The highest BCUT2D eigenvalue weighted by atomic mass is 19.1. The molecule has 2 unspecified atom stereocenters. The molecule has 3 nitrogen and oxygen atoms in total. The number of benzene rings is 2. The van der Waals surface area contributed by atoms with Crippen molar-refractivity contribution in [3.63, 3.8) is 0 Å². The lowest BCUT2D eigenvalue weighted by atomic mass is 9.99. The molecule has 2 fully saturated rings. The minimum absolute atomic E-state index is 0.201. The minimum Gasteiger partial charge on any atom is -0.338 e. The monoisotopic (exact) mass is 565 g/mol. The van der Waals surface area contributed by atoms with Crippen molar-refractivity contribution in [2.45, 2.75) is 104 Å². The van der Waals surface area contributed by atoms with Crippen LogP contribution >= 0.6 is 0 Å². The summed E-state index contributed by atoms with van der Waals surface area (Å²) in [5.74, 6) is 3.43. The van der Waals surface area contributed by atoms with Gasteiger partial charge in [-0.05, 0) is 120 Å². The van der Waals surface area contributed by atoms with Crippen molar-refractivity contribution in [3.8, 4) is 11.1 Å². The third-order valence-electron chi connectivity index (χ3n) is 9.77. The minimum atomic E-state index is -0.201. The number of unbranched alkanes of at least 4 members (excludes halogenated alkanes) is 2. The molecule has 2 aliphatic carbocycles. The number of hydrogen-bond donors (Lipinski definition) is 0. The molecule has 2 heterocycles. The van der Waals surface area contributed by atoms with Gasteiger partial charge in [0, 0.05) is 46.4 Å². The summed E-state index contributed by atoms with van der Waals surface area (Å²) in [6, 6.07) is 16.9. The second kappa shape index (κ2) is 12.2. The van der Waals surface area contributed by atoms with Crippen LogP contribution in [0.3, 0.4) is 0 Å². The van der Waals surface area contributed by atoms with E-state index in [4.69, 9.17) is 4.99 Å². The van der Waals surface area contributed by atoms with Crippen LogP contribution < -0.4 is 0 Å². The van der Waals surface area contributed by atoms with Crippen molar-refractivity contribution in [1.29, 1.82) is 0 Å². The number of aromatic nitrogens is 1. The van der Waals surface area contributed by atoms with Crippen molar-refractivity contribution in [3.05, 3.63) is 78.4 Å². The van der Waals surface area contributed by atoms with Crippen LogP contribution in [0, 0.1) is 23.6 Å². The molecular weight excluding hydrogens is 517 g/mol. The van der Waals surface area contributed by atoms with Crippen molar-refractivity contribution >= 4 is 22.8 Å². The zero-order valence-electron chi connectivity index (χ0n) is 26.0. The van der Waals surface area contributed by atoms with E-state index in [0.29, 0.717) is 24.0 Å². The summed E-state index contributed by atoms with van der Waals surface area (Å²) in [4.78, 5) is 7.79. The zero-order chi connectivity index (χ0) is 29.4. The fourth-order valence-corrected chi connectivity index (χ4v) is 7.11. The fourth-order valence-electron chi connectivity index (χ4n) is 7.11. The van der Waals surface area contributed by atoms with Crippen LogP contribution in [0.1, 0.15) is 97.2 Å². The Bertz CT molecular complexity index is 1460. The Kier molecular flexibility index (Phi) is 8.43. The van der Waals surface area contributed by atoms with Crippen LogP contribution in [0.15, 0.2) is 71.9 Å². The molecule has 0 amide bonds. The Balaban J connectivity index is 1.15. The lowest BCUT2D eigenvalue weighted by Gasteiger charge is -2.36. The molecule has 1 aromatic heterocycles. The molecule has 0 N–H and O–H groups in total. The average Bonchev–Trinajstić information content (AvgIpc) is 3.90. The third-order valence-corrected chi connectivity index (χ3v) is 9.77. The van der Waals surface area contributed by atoms with Gasteiger partial charge in [0.05, 0.1) is 6.04 Å². The first-order chi connectivity index (χ1) is 20.3. The second-order valence-electron chi connectivity index (χ2n) is 13.5. The van der Waals surface area contributed by atoms with E-state index < -0.39 is 0 Å². The summed E-state index contributed by atoms with van der Waals surface area (Å²) >= 11 is 0. The number of fused-ring (bicyclic) bond motifs is 1. The maximum atomic E-state index is 13.8. The number of aliphatic imine (C=N–C) groups is 1. The smallest absolute Gasteiger partial charge is 0.123 e. The van der Waals surface area contributed by atoms with Crippen molar-refractivity contribution in [2.75, 3.05) is 0 Å². The van der Waals surface area contributed by atoms with Crippen LogP contribution in [0.25, 0.3) is 28.1 Å². The highest BCUT2D eigenvalue weighted by molar-refractivity contribution is 6.01. The SMILES string of the molecule is C=C(CCCC/C=C/c1c(-c2ccc(F)cc2)c2ccccc2n1C(C)C)N(C1=NC(C)C(C)C1)C(C1CC1)C1CC1. The van der Waals surface area contributed by atoms with Gasteiger partial charge in [-0.2, -0.15) is 0 Å². The molecule has 0 bridgehead atoms. The molecule has 4 heteroatoms. The topological polar surface area (TPSA) is 20.5 Å². The summed E-state index contributed by atoms with van der Waals surface area (Å²) in [7, 11) is 0. The molecule has 0 spiro atoms. The molecule has 0 saturated heterocycles. The van der Waals surface area contributed by atoms with Gasteiger partial charge in [-0.15, -0.1) is 0 Å². The standard InChI is InChI=1S/C38H48FN3/c1-25(2)41-34-14-11-10-13-33(34)37(29-20-22-32(39)23-21-29)35(41)15-9-7-6-8-12-27(4)42(36-24-26(3)28(5)40-36)38(30-16-17-30)31-18-19-31/h9-11,13-15,20-23,25-26,28,30-31,38H,4,6-8,12,16-19,24H2,1-3,5H3/b15-9+. The van der Waals surface area contributed by atoms with E-state index in [0.717, 1.165) is 49.5 Å². The Hall–Kier alpha value is -3.14. The first kappa shape index (κ1) is 29.0. The summed E-state index contributed by atoms with van der Waals surface area (Å²) in [5, 5.41) is 1.22. The van der Waals surface area contributed by atoms with Gasteiger partial charge in [-0.25, -0.2) is 4.39 Å². The largest absolute Gasteiger partial charge is 0.338 e. The van der Waals surface area contributed by atoms with Crippen LogP contribution in [0.4, 0.5) is 4.39 Å². The van der Waals surface area contributed by atoms with E-state index in [1.54, 1.807) is 12.1 Å². The molecule has 3 aromatic rings. The number of para-hydroxylation sites is 1. The van der Waals surface area contributed by atoms with Crippen LogP contribution in [0.5, 0.6) is 0 Å². The van der Waals surface area contributed by atoms with Gasteiger partial charge < -0.3 is 9.47 Å². The summed E-state index contributed by atoms with van der Waals surface area (Å²) in [6.07, 6.45) is 15.6. The van der Waals surface area contributed by atoms with Gasteiger partial charge in [0.15, 0.2) is 0 Å². The normalized spacial score (nSPS) is 20.8. The lowest BCUT2D eigenvalue weighted by Crippen LogP contribution is -2.41. The number of hydrogen-bond acceptors (Lipinski definition) is 2. The molecule has 42 heavy (non-hydrogen) atoms. The first-order valence-electron chi connectivity index (χ1n) is 16.4. The Labute approximate surface area is 252 Å². The van der Waals surface area contributed by atoms with Gasteiger partial charge in [0.2, 0.25) is 0 Å². The van der Waals surface area contributed by atoms with E-state index in [1.807, 2.05) is 12.1 Å². The molecule has 2 aromatic carbocycles. The number of halogens is 1. The molecule has 222 valence electrons. The van der Waals surface area contributed by atoms with E-state index >= 15 is 0 Å². The lowest BCUT2D eigenvalue weighted by molar-refractivity contribution is 0.289. The van der Waals surface area contributed by atoms with Crippen molar-refractivity contribution in [2.24, 2.45) is 22.7 Å². The molecular formula is C38H48FN3. The number of amidine groups is 1. The fraction of sp³-hybridized carbons (Fsp3) is 0.500. The predicted octanol–water partition coefficient (Wildman–Crippen LogP) is 10.4. The number of nitrogens with zero attached hydrogens (tertiary/aromatic N) is 3. The van der Waals surface area contributed by atoms with Gasteiger partial charge in [-0.3, -0.25) is 4.99 Å². The number of rotatable bonds is 12. The molecule has 1 aliphatic heterocycles. The van der Waals surface area contributed by atoms with Crippen LogP contribution in [-0.2, 0) is 0 Å². The van der Waals surface area contributed by atoms with Gasteiger partial charge >= 0.3 is 0 Å². The molecule has 2 saturated carbocycles. The first-order valence-corrected chi connectivity index (χ1v) is 16.4. The van der Waals surface area contributed by atoms with E-state index in [9.17, 15) is 4.39 Å². The van der Waals surface area contributed by atoms with E-state index in [1.165, 1.54) is 59.4 Å². The third kappa shape index (κ3) is 6.00. The van der Waals surface area contributed by atoms with Crippen LogP contribution in [-0.4, -0.2) is 27.4 Å². The molecule has 3 aliphatic rings. The summed E-state index contributed by atoms with van der Waals surface area (Å²) in [5.41, 5.74) is 5.96. The van der Waals surface area contributed by atoms with Gasteiger partial charge in [0.25, 0.3) is 0 Å². The molecule has 2 atom stereocenters.